The molecule has 3 heterocycles. The van der Waals surface area contributed by atoms with E-state index in [1.54, 1.807) is 24.3 Å². The second kappa shape index (κ2) is 8.76. The van der Waals surface area contributed by atoms with Gasteiger partial charge >= 0.3 is 0 Å². The summed E-state index contributed by atoms with van der Waals surface area (Å²) in [6, 6.07) is 11.0. The molecule has 0 aliphatic carbocycles. The third kappa shape index (κ3) is 4.59. The molecule has 0 saturated carbocycles. The number of hydrogen-bond acceptors (Lipinski definition) is 9. The molecule has 0 unspecified atom stereocenters. The van der Waals surface area contributed by atoms with Gasteiger partial charge in [0.2, 0.25) is 10.3 Å². The van der Waals surface area contributed by atoms with Gasteiger partial charge in [0.15, 0.2) is 0 Å². The molecule has 1 amide bonds. The van der Waals surface area contributed by atoms with Gasteiger partial charge in [0.25, 0.3) is 11.6 Å². The second-order valence-electron chi connectivity index (χ2n) is 6.72. The van der Waals surface area contributed by atoms with Crippen LogP contribution in [0.5, 0.6) is 0 Å². The van der Waals surface area contributed by atoms with Crippen molar-refractivity contribution in [3.8, 4) is 17.4 Å². The van der Waals surface area contributed by atoms with E-state index in [1.807, 2.05) is 6.07 Å². The summed E-state index contributed by atoms with van der Waals surface area (Å²) in [5, 5.41) is 32.0. The van der Waals surface area contributed by atoms with Gasteiger partial charge in [0, 0.05) is 36.9 Å². The number of aromatic nitrogens is 2. The highest BCUT2D eigenvalue weighted by Gasteiger charge is 2.19. The van der Waals surface area contributed by atoms with E-state index in [9.17, 15) is 20.2 Å². The fourth-order valence-electron chi connectivity index (χ4n) is 3.12. The Kier molecular flexibility index (Phi) is 5.72. The summed E-state index contributed by atoms with van der Waals surface area (Å²) >= 11 is 1.25. The molecule has 2 aromatic heterocycles. The van der Waals surface area contributed by atoms with E-state index in [4.69, 9.17) is 4.42 Å². The van der Waals surface area contributed by atoms with Gasteiger partial charge in [-0.2, -0.15) is 5.26 Å². The SMILES string of the molecule is N#C/C(=C/c1ccc(-c2cccc([N+](=O)[O-])c2)o1)C(=O)Nc1nnc(N2CCCC2)s1. The highest BCUT2D eigenvalue weighted by Crippen LogP contribution is 2.28. The number of non-ortho nitro benzene ring substituents is 1. The van der Waals surface area contributed by atoms with Crippen molar-refractivity contribution in [2.24, 2.45) is 0 Å². The summed E-state index contributed by atoms with van der Waals surface area (Å²) in [6.45, 7) is 1.83. The van der Waals surface area contributed by atoms with Crippen LogP contribution in [-0.2, 0) is 4.79 Å². The molecule has 1 aromatic carbocycles. The Morgan fingerprint density at radius 2 is 2.10 bits per heavy atom. The summed E-state index contributed by atoms with van der Waals surface area (Å²) in [4.78, 5) is 25.0. The number of furan rings is 1. The number of benzene rings is 1. The molecule has 1 fully saturated rings. The molecule has 0 spiro atoms. The molecule has 156 valence electrons. The van der Waals surface area contributed by atoms with Crippen LogP contribution in [-0.4, -0.2) is 34.1 Å². The maximum absolute atomic E-state index is 12.5. The zero-order valence-electron chi connectivity index (χ0n) is 16.1. The predicted octanol–water partition coefficient (Wildman–Crippen LogP) is 3.85. The Morgan fingerprint density at radius 3 is 2.84 bits per heavy atom. The van der Waals surface area contributed by atoms with Crippen LogP contribution >= 0.6 is 11.3 Å². The zero-order chi connectivity index (χ0) is 21.8. The van der Waals surface area contributed by atoms with Crippen LogP contribution in [0.1, 0.15) is 18.6 Å². The lowest BCUT2D eigenvalue weighted by Crippen LogP contribution is -2.17. The molecule has 3 aromatic rings. The first-order chi connectivity index (χ1) is 15.0. The molecule has 1 saturated heterocycles. The van der Waals surface area contributed by atoms with Crippen molar-refractivity contribution >= 4 is 39.3 Å². The number of nitro groups is 1. The lowest BCUT2D eigenvalue weighted by Gasteiger charge is -2.10. The molecule has 1 N–H and O–H groups in total. The minimum absolute atomic E-state index is 0.0616. The maximum atomic E-state index is 12.5. The van der Waals surface area contributed by atoms with Crippen LogP contribution in [0.15, 0.2) is 46.4 Å². The number of carbonyl (C=O) groups excluding carboxylic acids is 1. The number of nitrogens with one attached hydrogen (secondary N) is 1. The summed E-state index contributed by atoms with van der Waals surface area (Å²) in [7, 11) is 0. The third-order valence-electron chi connectivity index (χ3n) is 4.63. The van der Waals surface area contributed by atoms with Crippen molar-refractivity contribution in [2.45, 2.75) is 12.8 Å². The first kappa shape index (κ1) is 20.2. The monoisotopic (exact) mass is 436 g/mol. The van der Waals surface area contributed by atoms with Crippen LogP contribution in [0.25, 0.3) is 17.4 Å². The van der Waals surface area contributed by atoms with Crippen molar-refractivity contribution < 1.29 is 14.1 Å². The van der Waals surface area contributed by atoms with Crippen molar-refractivity contribution in [1.29, 1.82) is 5.26 Å². The first-order valence-electron chi connectivity index (χ1n) is 9.40. The second-order valence-corrected chi connectivity index (χ2v) is 7.67. The number of nitrogens with zero attached hydrogens (tertiary/aromatic N) is 5. The summed E-state index contributed by atoms with van der Waals surface area (Å²) in [5.41, 5.74) is 0.284. The van der Waals surface area contributed by atoms with Crippen molar-refractivity contribution in [1.82, 2.24) is 10.2 Å². The molecular weight excluding hydrogens is 420 g/mol. The smallest absolute Gasteiger partial charge is 0.270 e. The predicted molar refractivity (Wildman–Crippen MR) is 114 cm³/mol. The van der Waals surface area contributed by atoms with Gasteiger partial charge < -0.3 is 9.32 Å². The molecule has 10 nitrogen and oxygen atoms in total. The van der Waals surface area contributed by atoms with Gasteiger partial charge in [-0.1, -0.05) is 23.5 Å². The molecule has 4 rings (SSSR count). The van der Waals surface area contributed by atoms with E-state index < -0.39 is 10.8 Å². The van der Waals surface area contributed by atoms with Gasteiger partial charge in [-0.25, -0.2) is 0 Å². The largest absolute Gasteiger partial charge is 0.457 e. The molecule has 0 bridgehead atoms. The Morgan fingerprint density at radius 1 is 1.29 bits per heavy atom. The van der Waals surface area contributed by atoms with Crippen LogP contribution in [0.3, 0.4) is 0 Å². The van der Waals surface area contributed by atoms with E-state index in [2.05, 4.69) is 20.4 Å². The number of rotatable bonds is 6. The van der Waals surface area contributed by atoms with Crippen molar-refractivity contribution in [2.75, 3.05) is 23.3 Å². The normalized spacial score (nSPS) is 13.8. The lowest BCUT2D eigenvalue weighted by molar-refractivity contribution is -0.384. The highest BCUT2D eigenvalue weighted by molar-refractivity contribution is 7.19. The molecule has 1 aliphatic heterocycles. The summed E-state index contributed by atoms with van der Waals surface area (Å²) in [6.07, 6.45) is 3.51. The highest BCUT2D eigenvalue weighted by atomic mass is 32.1. The Hall–Kier alpha value is -4.04. The minimum atomic E-state index is -0.625. The molecule has 1 aliphatic rings. The van der Waals surface area contributed by atoms with E-state index >= 15 is 0 Å². The van der Waals surface area contributed by atoms with E-state index in [0.717, 1.165) is 31.1 Å². The van der Waals surface area contributed by atoms with Gasteiger partial charge in [0.05, 0.1) is 4.92 Å². The van der Waals surface area contributed by atoms with Crippen molar-refractivity contribution in [3.05, 3.63) is 57.8 Å². The number of carbonyl (C=O) groups is 1. The topological polar surface area (TPSA) is 138 Å². The Balaban J connectivity index is 1.48. The minimum Gasteiger partial charge on any atom is -0.457 e. The van der Waals surface area contributed by atoms with Gasteiger partial charge in [-0.3, -0.25) is 20.2 Å². The van der Waals surface area contributed by atoms with Crippen molar-refractivity contribution in [3.63, 3.8) is 0 Å². The average molecular weight is 436 g/mol. The number of amides is 1. The van der Waals surface area contributed by atoms with Crippen LogP contribution in [0.2, 0.25) is 0 Å². The van der Waals surface area contributed by atoms with Crippen LogP contribution in [0, 0.1) is 21.4 Å². The number of nitriles is 1. The molecule has 11 heteroatoms. The lowest BCUT2D eigenvalue weighted by atomic mass is 10.1. The molecule has 0 atom stereocenters. The summed E-state index contributed by atoms with van der Waals surface area (Å²) < 4.78 is 5.65. The van der Waals surface area contributed by atoms with Crippen LogP contribution in [0.4, 0.5) is 16.0 Å². The zero-order valence-corrected chi connectivity index (χ0v) is 17.0. The van der Waals surface area contributed by atoms with Crippen LogP contribution < -0.4 is 10.2 Å². The standard InChI is InChI=1S/C20H16N6O4S/c21-12-14(18(27)22-19-23-24-20(31-19)25-8-1-2-9-25)11-16-6-7-17(30-16)13-4-3-5-15(10-13)26(28)29/h3-7,10-11H,1-2,8-9H2,(H,22,23,27)/b14-11-. The third-order valence-corrected chi connectivity index (χ3v) is 5.53. The van der Waals surface area contributed by atoms with Gasteiger partial charge in [0.1, 0.15) is 23.2 Å². The van der Waals surface area contributed by atoms with Gasteiger partial charge in [-0.05, 0) is 25.0 Å². The summed E-state index contributed by atoms with van der Waals surface area (Å²) in [5.74, 6) is 0.0233. The quantitative estimate of drug-likeness (QED) is 0.266. The molecule has 0 radical (unpaired) electrons. The fraction of sp³-hybridized carbons (Fsp3) is 0.200. The van der Waals surface area contributed by atoms with E-state index in [1.165, 1.54) is 29.5 Å². The van der Waals surface area contributed by atoms with E-state index in [0.29, 0.717) is 16.5 Å². The Labute approximate surface area is 180 Å². The number of nitro benzene ring substituents is 1. The molecular formula is C20H16N6O4S. The Bertz CT molecular complexity index is 1200. The molecule has 31 heavy (non-hydrogen) atoms. The maximum Gasteiger partial charge on any atom is 0.270 e. The average Bonchev–Trinajstić information content (AvgIpc) is 3.53. The number of anilines is 2. The number of hydrogen-bond donors (Lipinski definition) is 1. The van der Waals surface area contributed by atoms with E-state index in [-0.39, 0.29) is 17.0 Å². The fourth-order valence-corrected chi connectivity index (χ4v) is 3.91. The van der Waals surface area contributed by atoms with Gasteiger partial charge in [-0.15, -0.1) is 10.2 Å². The first-order valence-corrected chi connectivity index (χ1v) is 10.2.